The molecule has 0 aliphatic carbocycles. The summed E-state index contributed by atoms with van der Waals surface area (Å²) in [6.45, 7) is 3.97. The van der Waals surface area contributed by atoms with Gasteiger partial charge in [-0.2, -0.15) is 0 Å². The zero-order chi connectivity index (χ0) is 19.8. The van der Waals surface area contributed by atoms with Crippen LogP contribution in [0.5, 0.6) is 0 Å². The van der Waals surface area contributed by atoms with E-state index in [1.54, 1.807) is 12.1 Å². The number of imide groups is 1. The van der Waals surface area contributed by atoms with Crippen molar-refractivity contribution in [2.45, 2.75) is 13.8 Å². The first kappa shape index (κ1) is 18.1. The number of thiophene rings is 1. The molecule has 0 fully saturated rings. The van der Waals surface area contributed by atoms with Crippen molar-refractivity contribution in [1.82, 2.24) is 0 Å². The molecule has 0 saturated carbocycles. The number of nitrogens with zero attached hydrogens (tertiary/aromatic N) is 1. The Morgan fingerprint density at radius 3 is 2.39 bits per heavy atom. The second kappa shape index (κ2) is 7.05. The van der Waals surface area contributed by atoms with Gasteiger partial charge in [-0.15, -0.1) is 11.3 Å². The molecular weight excluding hydrogens is 375 g/mol. The second-order valence-corrected chi connectivity index (χ2v) is 7.50. The molecule has 1 aliphatic rings. The van der Waals surface area contributed by atoms with Gasteiger partial charge >= 0.3 is 0 Å². The van der Waals surface area contributed by atoms with Crippen LogP contribution in [0.1, 0.15) is 16.0 Å². The van der Waals surface area contributed by atoms with Gasteiger partial charge in [0.15, 0.2) is 0 Å². The van der Waals surface area contributed by atoms with E-state index in [-0.39, 0.29) is 17.0 Å². The Morgan fingerprint density at radius 1 is 0.929 bits per heavy atom. The van der Waals surface area contributed by atoms with Crippen LogP contribution in [-0.4, -0.2) is 11.8 Å². The van der Waals surface area contributed by atoms with Crippen LogP contribution < -0.4 is 10.2 Å². The Labute approximate surface area is 165 Å². The van der Waals surface area contributed by atoms with Crippen molar-refractivity contribution in [1.29, 1.82) is 0 Å². The molecule has 2 aromatic carbocycles. The van der Waals surface area contributed by atoms with E-state index < -0.39 is 17.6 Å². The summed E-state index contributed by atoms with van der Waals surface area (Å²) in [5.74, 6) is -1.73. The third kappa shape index (κ3) is 3.01. The number of benzene rings is 2. The van der Waals surface area contributed by atoms with E-state index in [9.17, 15) is 14.0 Å². The fourth-order valence-corrected chi connectivity index (χ4v) is 3.88. The summed E-state index contributed by atoms with van der Waals surface area (Å²) in [7, 11) is 0. The SMILES string of the molecule is Cc1ccc(NC2=C(c3cccs3)C(=O)N(c3ccccc3F)C2=O)cc1C. The van der Waals surface area contributed by atoms with Gasteiger partial charge in [0.05, 0.1) is 11.3 Å². The van der Waals surface area contributed by atoms with Gasteiger partial charge in [0.2, 0.25) is 0 Å². The molecule has 2 amide bonds. The second-order valence-electron chi connectivity index (χ2n) is 6.55. The summed E-state index contributed by atoms with van der Waals surface area (Å²) in [6, 6.07) is 15.1. The zero-order valence-corrected chi connectivity index (χ0v) is 16.1. The predicted molar refractivity (Wildman–Crippen MR) is 110 cm³/mol. The lowest BCUT2D eigenvalue weighted by atomic mass is 10.1. The topological polar surface area (TPSA) is 49.4 Å². The van der Waals surface area contributed by atoms with Crippen LogP contribution in [0, 0.1) is 19.7 Å². The summed E-state index contributed by atoms with van der Waals surface area (Å²) in [6.07, 6.45) is 0. The zero-order valence-electron chi connectivity index (χ0n) is 15.3. The normalized spacial score (nSPS) is 14.2. The number of nitrogens with one attached hydrogen (secondary N) is 1. The minimum absolute atomic E-state index is 0.0524. The van der Waals surface area contributed by atoms with E-state index in [0.717, 1.165) is 16.0 Å². The molecule has 0 saturated heterocycles. The van der Waals surface area contributed by atoms with Crippen molar-refractivity contribution >= 4 is 40.1 Å². The number of carbonyl (C=O) groups excluding carboxylic acids is 2. The molecule has 4 rings (SSSR count). The average molecular weight is 392 g/mol. The summed E-state index contributed by atoms with van der Waals surface area (Å²) >= 11 is 1.36. The molecule has 0 spiro atoms. The van der Waals surface area contributed by atoms with E-state index in [0.29, 0.717) is 10.6 Å². The summed E-state index contributed by atoms with van der Waals surface area (Å²) in [5.41, 5.74) is 3.23. The average Bonchev–Trinajstić information content (AvgIpc) is 3.27. The van der Waals surface area contributed by atoms with E-state index in [4.69, 9.17) is 0 Å². The highest BCUT2D eigenvalue weighted by molar-refractivity contribution is 7.11. The molecule has 0 bridgehead atoms. The first-order valence-corrected chi connectivity index (χ1v) is 9.61. The number of halogens is 1. The monoisotopic (exact) mass is 392 g/mol. The van der Waals surface area contributed by atoms with Crippen LogP contribution in [-0.2, 0) is 9.59 Å². The van der Waals surface area contributed by atoms with Gasteiger partial charge in [0, 0.05) is 10.6 Å². The van der Waals surface area contributed by atoms with Crippen LogP contribution in [0.3, 0.4) is 0 Å². The summed E-state index contributed by atoms with van der Waals surface area (Å²) < 4.78 is 14.3. The number of carbonyl (C=O) groups is 2. The maximum absolute atomic E-state index is 14.3. The van der Waals surface area contributed by atoms with Crippen molar-refractivity contribution in [2.75, 3.05) is 10.2 Å². The number of hydrogen-bond donors (Lipinski definition) is 1. The minimum Gasteiger partial charge on any atom is -0.350 e. The van der Waals surface area contributed by atoms with Gasteiger partial charge in [-0.25, -0.2) is 9.29 Å². The molecular formula is C22H17FN2O2S. The molecule has 28 heavy (non-hydrogen) atoms. The largest absolute Gasteiger partial charge is 0.350 e. The highest BCUT2D eigenvalue weighted by Crippen LogP contribution is 2.36. The quantitative estimate of drug-likeness (QED) is 0.643. The maximum atomic E-state index is 14.3. The minimum atomic E-state index is -0.623. The first-order chi connectivity index (χ1) is 13.5. The van der Waals surface area contributed by atoms with Gasteiger partial charge in [-0.05, 0) is 60.7 Å². The van der Waals surface area contributed by atoms with E-state index in [1.807, 2.05) is 43.5 Å². The van der Waals surface area contributed by atoms with Crippen LogP contribution in [0.2, 0.25) is 0 Å². The summed E-state index contributed by atoms with van der Waals surface area (Å²) in [4.78, 5) is 27.8. The number of hydrogen-bond acceptors (Lipinski definition) is 4. The van der Waals surface area contributed by atoms with E-state index in [1.165, 1.54) is 29.5 Å². The number of para-hydroxylation sites is 1. The lowest BCUT2D eigenvalue weighted by molar-refractivity contribution is -0.120. The molecule has 2 heterocycles. The van der Waals surface area contributed by atoms with Crippen LogP contribution in [0.25, 0.3) is 5.57 Å². The fraction of sp³-hybridized carbons (Fsp3) is 0.0909. The standard InChI is InChI=1S/C22H17FN2O2S/c1-13-9-10-15(12-14(13)2)24-20-19(18-8-5-11-28-18)21(26)25(22(20)27)17-7-4-3-6-16(17)23/h3-12,24H,1-2H3. The van der Waals surface area contributed by atoms with Gasteiger partial charge in [-0.1, -0.05) is 24.3 Å². The number of amides is 2. The van der Waals surface area contributed by atoms with Crippen molar-refractivity contribution in [3.8, 4) is 0 Å². The van der Waals surface area contributed by atoms with Crippen molar-refractivity contribution < 1.29 is 14.0 Å². The summed E-state index contributed by atoms with van der Waals surface area (Å²) in [5, 5.41) is 4.93. The van der Waals surface area contributed by atoms with E-state index >= 15 is 0 Å². The maximum Gasteiger partial charge on any atom is 0.282 e. The first-order valence-electron chi connectivity index (χ1n) is 8.73. The number of rotatable bonds is 4. The lowest BCUT2D eigenvalue weighted by Gasteiger charge is -2.16. The molecule has 1 aromatic heterocycles. The molecule has 1 aliphatic heterocycles. The highest BCUT2D eigenvalue weighted by atomic mass is 32.1. The van der Waals surface area contributed by atoms with Gasteiger partial charge in [-0.3, -0.25) is 9.59 Å². The van der Waals surface area contributed by atoms with E-state index in [2.05, 4.69) is 5.32 Å². The predicted octanol–water partition coefficient (Wildman–Crippen LogP) is 4.90. The molecule has 6 heteroatoms. The fourth-order valence-electron chi connectivity index (χ4n) is 3.11. The molecule has 0 radical (unpaired) electrons. The third-order valence-corrected chi connectivity index (χ3v) is 5.61. The Balaban J connectivity index is 1.82. The number of aryl methyl sites for hydroxylation is 2. The van der Waals surface area contributed by atoms with Crippen LogP contribution in [0.15, 0.2) is 65.7 Å². The van der Waals surface area contributed by atoms with Crippen molar-refractivity contribution in [2.24, 2.45) is 0 Å². The van der Waals surface area contributed by atoms with Gasteiger partial charge < -0.3 is 5.32 Å². The number of anilines is 2. The molecule has 0 atom stereocenters. The van der Waals surface area contributed by atoms with Gasteiger partial charge in [0.25, 0.3) is 11.8 Å². The van der Waals surface area contributed by atoms with Crippen LogP contribution >= 0.6 is 11.3 Å². The molecule has 3 aromatic rings. The van der Waals surface area contributed by atoms with Crippen molar-refractivity contribution in [3.63, 3.8) is 0 Å². The highest BCUT2D eigenvalue weighted by Gasteiger charge is 2.41. The van der Waals surface area contributed by atoms with Gasteiger partial charge in [0.1, 0.15) is 11.5 Å². The smallest absolute Gasteiger partial charge is 0.282 e. The third-order valence-electron chi connectivity index (χ3n) is 4.72. The Kier molecular flexibility index (Phi) is 4.57. The molecule has 140 valence electrons. The molecule has 1 N–H and O–H groups in total. The molecule has 4 nitrogen and oxygen atoms in total. The van der Waals surface area contributed by atoms with Crippen LogP contribution in [0.4, 0.5) is 15.8 Å². The Morgan fingerprint density at radius 2 is 1.71 bits per heavy atom. The molecule has 0 unspecified atom stereocenters. The Hall–Kier alpha value is -3.25. The van der Waals surface area contributed by atoms with Crippen molar-refractivity contribution in [3.05, 3.63) is 87.5 Å². The lowest BCUT2D eigenvalue weighted by Crippen LogP contribution is -2.33. The Bertz CT molecular complexity index is 1120.